The van der Waals surface area contributed by atoms with Crippen LogP contribution in [0, 0.1) is 0 Å². The van der Waals surface area contributed by atoms with Crippen molar-refractivity contribution in [2.24, 2.45) is 0 Å². The van der Waals surface area contributed by atoms with Gasteiger partial charge in [0.25, 0.3) is 0 Å². The summed E-state index contributed by atoms with van der Waals surface area (Å²) in [6.45, 7) is -0.0562. The highest BCUT2D eigenvalue weighted by atomic mass is 79.9. The normalized spacial score (nSPS) is 22.3. The van der Waals surface area contributed by atoms with Crippen LogP contribution < -0.4 is 5.32 Å². The largest absolute Gasteiger partial charge is 0.465 e. The minimum Gasteiger partial charge on any atom is -0.465 e. The molecule has 0 spiro atoms. The summed E-state index contributed by atoms with van der Waals surface area (Å²) in [5.41, 5.74) is 0. The Balaban J connectivity index is 2.09. The van der Waals surface area contributed by atoms with Crippen LogP contribution in [0.3, 0.4) is 0 Å². The van der Waals surface area contributed by atoms with Gasteiger partial charge < -0.3 is 15.5 Å². The molecule has 1 aromatic heterocycles. The van der Waals surface area contributed by atoms with Gasteiger partial charge in [0.1, 0.15) is 16.5 Å². The molecule has 8 heteroatoms. The Morgan fingerprint density at radius 3 is 2.84 bits per heavy atom. The summed E-state index contributed by atoms with van der Waals surface area (Å²) >= 11 is 3.17. The Hall–Kier alpha value is -1.67. The van der Waals surface area contributed by atoms with Crippen LogP contribution in [-0.4, -0.2) is 50.8 Å². The monoisotopic (exact) mass is 329 g/mol. The number of β-amino-alcohol motifs (C(OH)–C–C–N with tert-alkyl or cyclic N) is 1. The summed E-state index contributed by atoms with van der Waals surface area (Å²) < 4.78 is 0.562. The fourth-order valence-corrected chi connectivity index (χ4v) is 2.30. The first-order valence-corrected chi connectivity index (χ1v) is 6.37. The van der Waals surface area contributed by atoms with E-state index in [-0.39, 0.29) is 13.0 Å². The molecule has 1 saturated heterocycles. The molecule has 19 heavy (non-hydrogen) atoms. The van der Waals surface area contributed by atoms with Crippen molar-refractivity contribution < 1.29 is 19.8 Å². The van der Waals surface area contributed by atoms with E-state index in [1.165, 1.54) is 0 Å². The summed E-state index contributed by atoms with van der Waals surface area (Å²) in [4.78, 5) is 27.9. The molecule has 0 bridgehead atoms. The number of carbonyl (C=O) groups is 2. The number of pyridine rings is 1. The number of aromatic nitrogens is 1. The van der Waals surface area contributed by atoms with Crippen molar-refractivity contribution in [2.75, 3.05) is 11.9 Å². The minimum absolute atomic E-state index is 0.0562. The van der Waals surface area contributed by atoms with E-state index in [1.807, 2.05) is 0 Å². The first-order valence-electron chi connectivity index (χ1n) is 5.58. The van der Waals surface area contributed by atoms with E-state index in [0.717, 1.165) is 4.90 Å². The SMILES string of the molecule is O=C(Nc1cccc(Br)n1)C1CC(O)CN1C(=O)O. The van der Waals surface area contributed by atoms with Crippen LogP contribution >= 0.6 is 15.9 Å². The maximum atomic E-state index is 12.0. The van der Waals surface area contributed by atoms with E-state index in [4.69, 9.17) is 5.11 Å². The fourth-order valence-electron chi connectivity index (χ4n) is 1.96. The molecule has 1 aromatic rings. The second kappa shape index (κ2) is 5.54. The van der Waals surface area contributed by atoms with Gasteiger partial charge in [0, 0.05) is 6.42 Å². The van der Waals surface area contributed by atoms with E-state index >= 15 is 0 Å². The summed E-state index contributed by atoms with van der Waals surface area (Å²) in [7, 11) is 0. The number of rotatable bonds is 2. The van der Waals surface area contributed by atoms with Crippen LogP contribution in [0.1, 0.15) is 6.42 Å². The highest BCUT2D eigenvalue weighted by Crippen LogP contribution is 2.20. The molecule has 1 aliphatic rings. The van der Waals surface area contributed by atoms with E-state index in [1.54, 1.807) is 18.2 Å². The van der Waals surface area contributed by atoms with Crippen molar-refractivity contribution >= 4 is 33.7 Å². The van der Waals surface area contributed by atoms with Gasteiger partial charge in [0.2, 0.25) is 5.91 Å². The van der Waals surface area contributed by atoms with E-state index in [2.05, 4.69) is 26.2 Å². The van der Waals surface area contributed by atoms with Crippen LogP contribution in [0.15, 0.2) is 22.8 Å². The lowest BCUT2D eigenvalue weighted by Crippen LogP contribution is -2.42. The number of nitrogens with zero attached hydrogens (tertiary/aromatic N) is 2. The fraction of sp³-hybridized carbons (Fsp3) is 0.364. The first-order chi connectivity index (χ1) is 8.97. The Bertz CT molecular complexity index is 510. The Labute approximate surface area is 117 Å². The number of hydrogen-bond acceptors (Lipinski definition) is 4. The van der Waals surface area contributed by atoms with E-state index in [0.29, 0.717) is 10.4 Å². The molecule has 2 heterocycles. The molecule has 2 atom stereocenters. The summed E-state index contributed by atoms with van der Waals surface area (Å²) in [6, 6.07) is 4.11. The summed E-state index contributed by atoms with van der Waals surface area (Å²) in [5.74, 6) is -0.171. The number of anilines is 1. The lowest BCUT2D eigenvalue weighted by molar-refractivity contribution is -0.120. The number of halogens is 1. The number of carbonyl (C=O) groups excluding carboxylic acids is 1. The Morgan fingerprint density at radius 1 is 1.47 bits per heavy atom. The quantitative estimate of drug-likeness (QED) is 0.699. The van der Waals surface area contributed by atoms with Crippen molar-refractivity contribution in [3.63, 3.8) is 0 Å². The lowest BCUT2D eigenvalue weighted by atomic mass is 10.2. The van der Waals surface area contributed by atoms with Crippen LogP contribution in [0.4, 0.5) is 10.6 Å². The van der Waals surface area contributed by atoms with Gasteiger partial charge >= 0.3 is 6.09 Å². The van der Waals surface area contributed by atoms with E-state index in [9.17, 15) is 14.7 Å². The van der Waals surface area contributed by atoms with Crippen molar-refractivity contribution in [3.05, 3.63) is 22.8 Å². The number of amides is 2. The molecule has 102 valence electrons. The predicted molar refractivity (Wildman–Crippen MR) is 69.7 cm³/mol. The van der Waals surface area contributed by atoms with E-state index < -0.39 is 24.1 Å². The van der Waals surface area contributed by atoms with Gasteiger partial charge in [-0.2, -0.15) is 0 Å². The smallest absolute Gasteiger partial charge is 0.408 e. The molecule has 1 aliphatic heterocycles. The second-order valence-corrected chi connectivity index (χ2v) is 4.99. The topological polar surface area (TPSA) is 103 Å². The van der Waals surface area contributed by atoms with Gasteiger partial charge in [-0.1, -0.05) is 6.07 Å². The molecule has 2 amide bonds. The number of nitrogens with one attached hydrogen (secondary N) is 1. The average Bonchev–Trinajstić information content (AvgIpc) is 2.71. The molecule has 3 N–H and O–H groups in total. The highest BCUT2D eigenvalue weighted by molar-refractivity contribution is 9.10. The van der Waals surface area contributed by atoms with Crippen molar-refractivity contribution in [2.45, 2.75) is 18.6 Å². The first kappa shape index (κ1) is 13.8. The maximum Gasteiger partial charge on any atom is 0.408 e. The molecule has 2 rings (SSSR count). The zero-order valence-corrected chi connectivity index (χ0v) is 11.4. The van der Waals surface area contributed by atoms with Gasteiger partial charge in [-0.25, -0.2) is 9.78 Å². The number of hydrogen-bond donors (Lipinski definition) is 3. The predicted octanol–water partition coefficient (Wildman–Crippen LogP) is 0.896. The average molecular weight is 330 g/mol. The van der Waals surface area contributed by atoms with Crippen LogP contribution in [0.25, 0.3) is 0 Å². The molecule has 0 aliphatic carbocycles. The van der Waals surface area contributed by atoms with Crippen LogP contribution in [-0.2, 0) is 4.79 Å². The molecular weight excluding hydrogens is 318 g/mol. The summed E-state index contributed by atoms with van der Waals surface area (Å²) in [6.07, 6.45) is -1.95. The lowest BCUT2D eigenvalue weighted by Gasteiger charge is -2.19. The highest BCUT2D eigenvalue weighted by Gasteiger charge is 2.39. The van der Waals surface area contributed by atoms with Gasteiger partial charge in [-0.05, 0) is 28.1 Å². The van der Waals surface area contributed by atoms with Crippen molar-refractivity contribution in [1.29, 1.82) is 0 Å². The van der Waals surface area contributed by atoms with Crippen molar-refractivity contribution in [1.82, 2.24) is 9.88 Å². The zero-order valence-electron chi connectivity index (χ0n) is 9.78. The van der Waals surface area contributed by atoms with Crippen LogP contribution in [0.5, 0.6) is 0 Å². The third-order valence-corrected chi connectivity index (χ3v) is 3.24. The summed E-state index contributed by atoms with van der Waals surface area (Å²) in [5, 5.41) is 21.0. The number of carboxylic acid groups (broad SMARTS) is 1. The molecule has 0 saturated carbocycles. The third kappa shape index (κ3) is 3.21. The Kier molecular flexibility index (Phi) is 4.01. The third-order valence-electron chi connectivity index (χ3n) is 2.79. The molecule has 0 aromatic carbocycles. The van der Waals surface area contributed by atoms with Crippen LogP contribution in [0.2, 0.25) is 0 Å². The molecule has 0 radical (unpaired) electrons. The van der Waals surface area contributed by atoms with Gasteiger partial charge in [-0.15, -0.1) is 0 Å². The second-order valence-electron chi connectivity index (χ2n) is 4.18. The standard InChI is InChI=1S/C11H12BrN3O4/c12-8-2-1-3-9(13-8)14-10(17)7-4-6(16)5-15(7)11(18)19/h1-3,6-7,16H,4-5H2,(H,18,19)(H,13,14,17). The Morgan fingerprint density at radius 2 is 2.21 bits per heavy atom. The number of aliphatic hydroxyl groups excluding tert-OH is 1. The number of aliphatic hydroxyl groups is 1. The minimum atomic E-state index is -1.22. The molecule has 2 unspecified atom stereocenters. The molecule has 7 nitrogen and oxygen atoms in total. The maximum absolute atomic E-state index is 12.0. The molecular formula is C11H12BrN3O4. The van der Waals surface area contributed by atoms with Gasteiger partial charge in [-0.3, -0.25) is 9.69 Å². The van der Waals surface area contributed by atoms with Crippen molar-refractivity contribution in [3.8, 4) is 0 Å². The number of likely N-dealkylation sites (tertiary alicyclic amines) is 1. The van der Waals surface area contributed by atoms with Gasteiger partial charge in [0.05, 0.1) is 12.6 Å². The zero-order chi connectivity index (χ0) is 14.0. The molecule has 1 fully saturated rings. The van der Waals surface area contributed by atoms with Gasteiger partial charge in [0.15, 0.2) is 0 Å².